The second kappa shape index (κ2) is 3.82. The minimum Gasteiger partial charge on any atom is -0.539 e. The van der Waals surface area contributed by atoms with Crippen molar-refractivity contribution in [1.29, 1.82) is 0 Å². The Hall–Kier alpha value is -1.68. The molecule has 0 atom stereocenters. The number of hydrogen-bond acceptors (Lipinski definition) is 3. The van der Waals surface area contributed by atoms with Crippen molar-refractivity contribution in [1.82, 2.24) is 0 Å². The third-order valence-electron chi connectivity index (χ3n) is 2.09. The van der Waals surface area contributed by atoms with Gasteiger partial charge in [-0.1, -0.05) is 30.0 Å². The first kappa shape index (κ1) is 9.86. The Morgan fingerprint density at radius 1 is 1.53 bits per heavy atom. The van der Waals surface area contributed by atoms with Crippen LogP contribution in [0.3, 0.4) is 0 Å². The van der Waals surface area contributed by atoms with Crippen LogP contribution in [-0.4, -0.2) is 5.97 Å². The number of hydrogen-bond donors (Lipinski definition) is 0. The van der Waals surface area contributed by atoms with E-state index < -0.39 is 5.97 Å². The molecule has 1 aromatic heterocycles. The maximum absolute atomic E-state index is 10.9. The van der Waals surface area contributed by atoms with Gasteiger partial charge in [0.25, 0.3) is 5.01 Å². The van der Waals surface area contributed by atoms with Crippen LogP contribution in [-0.2, 0) is 6.54 Å². The largest absolute Gasteiger partial charge is 0.539 e. The van der Waals surface area contributed by atoms with Crippen molar-refractivity contribution in [3.8, 4) is 0 Å². The molecule has 2 rings (SSSR count). The Morgan fingerprint density at radius 2 is 2.27 bits per heavy atom. The van der Waals surface area contributed by atoms with Gasteiger partial charge >= 0.3 is 0 Å². The SMILES string of the molecule is C=CC[n+]1c(C(=O)[O-])sc2ccccc21. The lowest BCUT2D eigenvalue weighted by atomic mass is 10.3. The summed E-state index contributed by atoms with van der Waals surface area (Å²) in [4.78, 5) is 10.9. The van der Waals surface area contributed by atoms with Crippen LogP contribution in [0.1, 0.15) is 9.80 Å². The highest BCUT2D eigenvalue weighted by atomic mass is 32.1. The summed E-state index contributed by atoms with van der Waals surface area (Å²) in [5.41, 5.74) is 0.904. The average Bonchev–Trinajstić information content (AvgIpc) is 2.58. The highest BCUT2D eigenvalue weighted by molar-refractivity contribution is 7.19. The summed E-state index contributed by atoms with van der Waals surface area (Å²) in [5, 5.41) is 11.1. The van der Waals surface area contributed by atoms with Gasteiger partial charge in [-0.25, -0.2) is 0 Å². The molecule has 0 saturated heterocycles. The van der Waals surface area contributed by atoms with Crippen LogP contribution in [0, 0.1) is 0 Å². The molecular weight excluding hydrogens is 210 g/mol. The predicted octanol–water partition coefficient (Wildman–Crippen LogP) is 0.738. The number of para-hydroxylation sites is 1. The number of aromatic carboxylic acids is 1. The molecule has 0 radical (unpaired) electrons. The number of thiazole rings is 1. The Kier molecular flexibility index (Phi) is 2.51. The van der Waals surface area contributed by atoms with Gasteiger partial charge in [-0.05, 0) is 12.1 Å². The zero-order chi connectivity index (χ0) is 10.8. The minimum atomic E-state index is -1.14. The molecule has 15 heavy (non-hydrogen) atoms. The monoisotopic (exact) mass is 219 g/mol. The lowest BCUT2D eigenvalue weighted by molar-refractivity contribution is -0.661. The molecule has 0 spiro atoms. The second-order valence-corrected chi connectivity index (χ2v) is 4.09. The first-order chi connectivity index (χ1) is 7.24. The second-order valence-electron chi connectivity index (χ2n) is 3.06. The van der Waals surface area contributed by atoms with Gasteiger partial charge in [0.15, 0.2) is 12.5 Å². The molecule has 0 aliphatic carbocycles. The van der Waals surface area contributed by atoms with Gasteiger partial charge < -0.3 is 9.90 Å². The van der Waals surface area contributed by atoms with E-state index in [2.05, 4.69) is 6.58 Å². The molecule has 76 valence electrons. The topological polar surface area (TPSA) is 44.0 Å². The van der Waals surface area contributed by atoms with Crippen molar-refractivity contribution >= 4 is 27.5 Å². The van der Waals surface area contributed by atoms with E-state index in [1.54, 1.807) is 10.6 Å². The summed E-state index contributed by atoms with van der Waals surface area (Å²) >= 11 is 1.23. The summed E-state index contributed by atoms with van der Waals surface area (Å²) < 4.78 is 2.64. The molecule has 0 aliphatic rings. The van der Waals surface area contributed by atoms with E-state index in [-0.39, 0.29) is 5.01 Å². The Balaban J connectivity index is 2.73. The van der Waals surface area contributed by atoms with Crippen LogP contribution in [0.4, 0.5) is 0 Å². The van der Waals surface area contributed by atoms with E-state index >= 15 is 0 Å². The Labute approximate surface area is 90.9 Å². The minimum absolute atomic E-state index is 0.233. The molecule has 1 aromatic carbocycles. The summed E-state index contributed by atoms with van der Waals surface area (Å²) in [5.74, 6) is -1.14. The van der Waals surface area contributed by atoms with E-state index in [1.165, 1.54) is 11.3 Å². The highest BCUT2D eigenvalue weighted by Crippen LogP contribution is 2.19. The van der Waals surface area contributed by atoms with Gasteiger partial charge in [0, 0.05) is 6.07 Å². The van der Waals surface area contributed by atoms with E-state index in [1.807, 2.05) is 24.3 Å². The number of carbonyl (C=O) groups excluding carboxylic acids is 1. The molecule has 0 amide bonds. The maximum Gasteiger partial charge on any atom is 0.286 e. The van der Waals surface area contributed by atoms with Crippen LogP contribution in [0.25, 0.3) is 10.2 Å². The Morgan fingerprint density at radius 3 is 2.93 bits per heavy atom. The molecule has 0 unspecified atom stereocenters. The molecule has 0 saturated carbocycles. The first-order valence-corrected chi connectivity index (χ1v) is 5.29. The van der Waals surface area contributed by atoms with Gasteiger partial charge in [-0.15, -0.1) is 0 Å². The summed E-state index contributed by atoms with van der Waals surface area (Å²) in [6.07, 6.45) is 1.67. The molecule has 3 nitrogen and oxygen atoms in total. The fourth-order valence-electron chi connectivity index (χ4n) is 1.50. The molecule has 0 fully saturated rings. The van der Waals surface area contributed by atoms with Crippen molar-refractivity contribution in [2.45, 2.75) is 6.54 Å². The normalized spacial score (nSPS) is 10.4. The van der Waals surface area contributed by atoms with Crippen molar-refractivity contribution in [3.05, 3.63) is 41.9 Å². The Bertz CT molecular complexity index is 530. The van der Waals surface area contributed by atoms with Gasteiger partial charge in [0.1, 0.15) is 4.70 Å². The zero-order valence-corrected chi connectivity index (χ0v) is 8.79. The molecule has 0 N–H and O–H groups in total. The van der Waals surface area contributed by atoms with E-state index in [0.29, 0.717) is 6.54 Å². The van der Waals surface area contributed by atoms with E-state index in [4.69, 9.17) is 0 Å². The van der Waals surface area contributed by atoms with E-state index in [0.717, 1.165) is 10.2 Å². The zero-order valence-electron chi connectivity index (χ0n) is 7.97. The maximum atomic E-state index is 10.9. The lowest BCUT2D eigenvalue weighted by Gasteiger charge is -1.95. The number of carboxylic acids is 1. The third kappa shape index (κ3) is 1.64. The van der Waals surface area contributed by atoms with Crippen molar-refractivity contribution in [2.24, 2.45) is 0 Å². The number of aromatic nitrogens is 1. The van der Waals surface area contributed by atoms with Crippen LogP contribution in [0.15, 0.2) is 36.9 Å². The summed E-state index contributed by atoms with van der Waals surface area (Å²) in [6, 6.07) is 7.55. The fourth-order valence-corrected chi connectivity index (χ4v) is 2.50. The molecule has 1 heterocycles. The average molecular weight is 219 g/mol. The quantitative estimate of drug-likeness (QED) is 0.564. The summed E-state index contributed by atoms with van der Waals surface area (Å²) in [7, 11) is 0. The highest BCUT2D eigenvalue weighted by Gasteiger charge is 2.19. The van der Waals surface area contributed by atoms with Crippen LogP contribution in [0.2, 0.25) is 0 Å². The van der Waals surface area contributed by atoms with Crippen molar-refractivity contribution < 1.29 is 14.5 Å². The number of carbonyl (C=O) groups is 1. The lowest BCUT2D eigenvalue weighted by Crippen LogP contribution is -2.41. The smallest absolute Gasteiger partial charge is 0.286 e. The van der Waals surface area contributed by atoms with E-state index in [9.17, 15) is 9.90 Å². The van der Waals surface area contributed by atoms with Crippen molar-refractivity contribution in [2.75, 3.05) is 0 Å². The number of nitrogens with zero attached hydrogens (tertiary/aromatic N) is 1. The van der Waals surface area contributed by atoms with Gasteiger partial charge in [0.2, 0.25) is 5.52 Å². The number of carboxylic acid groups (broad SMARTS) is 1. The number of fused-ring (bicyclic) bond motifs is 1. The first-order valence-electron chi connectivity index (χ1n) is 4.47. The molecule has 2 aromatic rings. The number of allylic oxidation sites excluding steroid dienone is 1. The third-order valence-corrected chi connectivity index (χ3v) is 3.24. The fraction of sp³-hybridized carbons (Fsp3) is 0.0909. The molecule has 4 heteroatoms. The van der Waals surface area contributed by atoms with Gasteiger partial charge in [0.05, 0.1) is 0 Å². The van der Waals surface area contributed by atoms with Gasteiger partial charge in [-0.3, -0.25) is 0 Å². The number of benzene rings is 1. The van der Waals surface area contributed by atoms with Crippen LogP contribution in [0.5, 0.6) is 0 Å². The molecular formula is C11H9NO2S. The molecule has 0 aliphatic heterocycles. The van der Waals surface area contributed by atoms with Crippen LogP contribution >= 0.6 is 11.3 Å². The molecule has 0 bridgehead atoms. The predicted molar refractivity (Wildman–Crippen MR) is 56.5 cm³/mol. The van der Waals surface area contributed by atoms with Crippen LogP contribution < -0.4 is 9.67 Å². The van der Waals surface area contributed by atoms with Crippen molar-refractivity contribution in [3.63, 3.8) is 0 Å². The standard InChI is InChI=1S/C11H9NO2S/c1-2-7-12-8-5-3-4-6-9(8)15-10(12)11(13)14/h2-6H,1,7H2. The van der Waals surface area contributed by atoms with Gasteiger partial charge in [-0.2, -0.15) is 4.57 Å². The summed E-state index contributed by atoms with van der Waals surface area (Å²) in [6.45, 7) is 4.09. The number of rotatable bonds is 3.